The smallest absolute Gasteiger partial charge is 0.303 e. The van der Waals surface area contributed by atoms with Crippen molar-refractivity contribution in [1.82, 2.24) is 0 Å². The van der Waals surface area contributed by atoms with Crippen molar-refractivity contribution < 1.29 is 19.0 Å². The number of benzene rings is 1. The van der Waals surface area contributed by atoms with Crippen LogP contribution in [0.5, 0.6) is 5.75 Å². The third-order valence-corrected chi connectivity index (χ3v) is 2.51. The molecule has 1 atom stereocenters. The van der Waals surface area contributed by atoms with E-state index in [0.29, 0.717) is 11.1 Å². The Hall–Kier alpha value is -1.58. The number of aryl methyl sites for hydroxylation is 1. The van der Waals surface area contributed by atoms with E-state index in [1.54, 1.807) is 19.9 Å². The second-order valence-corrected chi connectivity index (χ2v) is 3.85. The maximum Gasteiger partial charge on any atom is 0.303 e. The van der Waals surface area contributed by atoms with E-state index >= 15 is 0 Å². The molecule has 0 heterocycles. The summed E-state index contributed by atoms with van der Waals surface area (Å²) in [7, 11) is 1.41. The quantitative estimate of drug-likeness (QED) is 0.858. The lowest BCUT2D eigenvalue weighted by Crippen LogP contribution is -2.04. The van der Waals surface area contributed by atoms with Gasteiger partial charge >= 0.3 is 5.97 Å². The van der Waals surface area contributed by atoms with Gasteiger partial charge in [0.05, 0.1) is 13.5 Å². The average Bonchev–Trinajstić information content (AvgIpc) is 2.16. The molecule has 0 aromatic heterocycles. The number of methoxy groups -OCH3 is 1. The Morgan fingerprint density at radius 1 is 1.56 bits per heavy atom. The Labute approximate surface area is 93.9 Å². The molecule has 0 saturated carbocycles. The number of carboxylic acids is 1. The van der Waals surface area contributed by atoms with E-state index in [4.69, 9.17) is 9.84 Å². The number of halogens is 1. The van der Waals surface area contributed by atoms with Gasteiger partial charge < -0.3 is 9.84 Å². The number of aliphatic carboxylic acids is 1. The normalized spacial score (nSPS) is 12.2. The van der Waals surface area contributed by atoms with E-state index < -0.39 is 11.8 Å². The van der Waals surface area contributed by atoms with Crippen LogP contribution in [-0.2, 0) is 4.79 Å². The highest BCUT2D eigenvalue weighted by Gasteiger charge is 2.14. The lowest BCUT2D eigenvalue weighted by atomic mass is 9.96. The molecule has 0 aliphatic rings. The molecule has 1 aromatic carbocycles. The van der Waals surface area contributed by atoms with Crippen LogP contribution in [0.2, 0.25) is 0 Å². The zero-order chi connectivity index (χ0) is 12.3. The summed E-state index contributed by atoms with van der Waals surface area (Å²) in [6.45, 7) is 3.49. The van der Waals surface area contributed by atoms with Gasteiger partial charge in [-0.1, -0.05) is 13.0 Å². The van der Waals surface area contributed by atoms with Gasteiger partial charge in [0.15, 0.2) is 11.6 Å². The maximum atomic E-state index is 13.5. The molecule has 0 spiro atoms. The molecule has 0 fully saturated rings. The van der Waals surface area contributed by atoms with Crippen molar-refractivity contribution in [1.29, 1.82) is 0 Å². The first-order valence-corrected chi connectivity index (χ1v) is 5.01. The minimum absolute atomic E-state index is 0.00872. The van der Waals surface area contributed by atoms with Gasteiger partial charge in [0.25, 0.3) is 0 Å². The molecule has 4 heteroatoms. The van der Waals surface area contributed by atoms with Crippen LogP contribution in [0.1, 0.15) is 30.4 Å². The topological polar surface area (TPSA) is 46.5 Å². The molecule has 0 radical (unpaired) electrons. The van der Waals surface area contributed by atoms with Crippen molar-refractivity contribution in [3.05, 3.63) is 29.1 Å². The lowest BCUT2D eigenvalue weighted by Gasteiger charge is -2.13. The monoisotopic (exact) mass is 226 g/mol. The van der Waals surface area contributed by atoms with Crippen molar-refractivity contribution in [2.45, 2.75) is 26.2 Å². The minimum Gasteiger partial charge on any atom is -0.493 e. The summed E-state index contributed by atoms with van der Waals surface area (Å²) >= 11 is 0. The van der Waals surface area contributed by atoms with E-state index in [2.05, 4.69) is 0 Å². The predicted octanol–water partition coefficient (Wildman–Crippen LogP) is 2.72. The highest BCUT2D eigenvalue weighted by molar-refractivity contribution is 5.68. The molecule has 16 heavy (non-hydrogen) atoms. The van der Waals surface area contributed by atoms with Gasteiger partial charge in [0.2, 0.25) is 0 Å². The van der Waals surface area contributed by atoms with Crippen LogP contribution in [0.4, 0.5) is 4.39 Å². The molecule has 0 saturated heterocycles. The maximum absolute atomic E-state index is 13.5. The SMILES string of the molecule is COc1c(C)cc(C(C)CC(=O)O)cc1F. The van der Waals surface area contributed by atoms with Gasteiger partial charge in [0.1, 0.15) is 0 Å². The summed E-state index contributed by atoms with van der Waals surface area (Å²) in [5.41, 5.74) is 1.35. The average molecular weight is 226 g/mol. The van der Waals surface area contributed by atoms with Crippen molar-refractivity contribution in [3.8, 4) is 5.75 Å². The molecule has 0 amide bonds. The fourth-order valence-corrected chi connectivity index (χ4v) is 1.68. The van der Waals surface area contributed by atoms with Crippen molar-refractivity contribution in [2.75, 3.05) is 7.11 Å². The summed E-state index contributed by atoms with van der Waals surface area (Å²) < 4.78 is 18.4. The highest BCUT2D eigenvalue weighted by Crippen LogP contribution is 2.28. The third-order valence-electron chi connectivity index (χ3n) is 2.51. The van der Waals surface area contributed by atoms with Gasteiger partial charge in [-0.25, -0.2) is 4.39 Å². The van der Waals surface area contributed by atoms with Crippen LogP contribution in [-0.4, -0.2) is 18.2 Å². The fourth-order valence-electron chi connectivity index (χ4n) is 1.68. The first-order chi connectivity index (χ1) is 7.45. The predicted molar refractivity (Wildman–Crippen MR) is 58.4 cm³/mol. The Morgan fingerprint density at radius 2 is 2.19 bits per heavy atom. The Morgan fingerprint density at radius 3 is 2.62 bits per heavy atom. The molecular weight excluding hydrogens is 211 g/mol. The molecule has 0 bridgehead atoms. The van der Waals surface area contributed by atoms with Gasteiger partial charge in [-0.05, 0) is 30.0 Å². The van der Waals surface area contributed by atoms with Gasteiger partial charge in [-0.2, -0.15) is 0 Å². The number of carbonyl (C=O) groups is 1. The first-order valence-electron chi connectivity index (χ1n) is 5.01. The standard InChI is InChI=1S/C12H15FO3/c1-7(5-11(14)15)9-4-8(2)12(16-3)10(13)6-9/h4,6-7H,5H2,1-3H3,(H,14,15). The number of hydrogen-bond acceptors (Lipinski definition) is 2. The van der Waals surface area contributed by atoms with Crippen LogP contribution in [0.15, 0.2) is 12.1 Å². The van der Waals surface area contributed by atoms with Gasteiger partial charge in [-0.15, -0.1) is 0 Å². The third kappa shape index (κ3) is 2.72. The minimum atomic E-state index is -0.888. The van der Waals surface area contributed by atoms with E-state index in [1.165, 1.54) is 13.2 Å². The van der Waals surface area contributed by atoms with Crippen LogP contribution in [0.3, 0.4) is 0 Å². The van der Waals surface area contributed by atoms with Crippen LogP contribution < -0.4 is 4.74 Å². The van der Waals surface area contributed by atoms with Gasteiger partial charge in [-0.3, -0.25) is 4.79 Å². The van der Waals surface area contributed by atoms with Crippen molar-refractivity contribution >= 4 is 5.97 Å². The molecule has 1 N–H and O–H groups in total. The van der Waals surface area contributed by atoms with Gasteiger partial charge in [0, 0.05) is 0 Å². The summed E-state index contributed by atoms with van der Waals surface area (Å²) in [6.07, 6.45) is -0.00872. The first kappa shape index (κ1) is 12.5. The summed E-state index contributed by atoms with van der Waals surface area (Å²) in [4.78, 5) is 10.6. The summed E-state index contributed by atoms with van der Waals surface area (Å²) in [5, 5.41) is 8.67. The van der Waals surface area contributed by atoms with E-state index in [0.717, 1.165) is 0 Å². The van der Waals surface area contributed by atoms with Crippen LogP contribution >= 0.6 is 0 Å². The van der Waals surface area contributed by atoms with Crippen LogP contribution in [0.25, 0.3) is 0 Å². The second kappa shape index (κ2) is 4.96. The fraction of sp³-hybridized carbons (Fsp3) is 0.417. The zero-order valence-electron chi connectivity index (χ0n) is 9.58. The number of ether oxygens (including phenoxy) is 1. The molecule has 1 rings (SSSR count). The van der Waals surface area contributed by atoms with Crippen molar-refractivity contribution in [2.24, 2.45) is 0 Å². The molecule has 0 aliphatic heterocycles. The second-order valence-electron chi connectivity index (χ2n) is 3.85. The Bertz CT molecular complexity index is 378. The Kier molecular flexibility index (Phi) is 3.88. The molecule has 1 unspecified atom stereocenters. The number of hydrogen-bond donors (Lipinski definition) is 1. The highest BCUT2D eigenvalue weighted by atomic mass is 19.1. The molecule has 88 valence electrons. The summed E-state index contributed by atoms with van der Waals surface area (Å²) in [5.74, 6) is -1.33. The van der Waals surface area contributed by atoms with Crippen molar-refractivity contribution in [3.63, 3.8) is 0 Å². The van der Waals surface area contributed by atoms with E-state index in [9.17, 15) is 9.18 Å². The molecule has 3 nitrogen and oxygen atoms in total. The lowest BCUT2D eigenvalue weighted by molar-refractivity contribution is -0.137. The van der Waals surface area contributed by atoms with E-state index in [1.807, 2.05) is 0 Å². The Balaban J connectivity index is 3.03. The number of carboxylic acid groups (broad SMARTS) is 1. The molecular formula is C12H15FO3. The summed E-state index contributed by atoms with van der Waals surface area (Å²) in [6, 6.07) is 3.09. The molecule has 1 aromatic rings. The molecule has 0 aliphatic carbocycles. The van der Waals surface area contributed by atoms with Crippen LogP contribution in [0, 0.1) is 12.7 Å². The van der Waals surface area contributed by atoms with E-state index in [-0.39, 0.29) is 18.1 Å². The number of rotatable bonds is 4. The largest absolute Gasteiger partial charge is 0.493 e. The zero-order valence-corrected chi connectivity index (χ0v) is 9.58.